The molecule has 29 heavy (non-hydrogen) atoms. The van der Waals surface area contributed by atoms with Crippen LogP contribution in [-0.2, 0) is 9.59 Å². The third-order valence-electron chi connectivity index (χ3n) is 3.86. The van der Waals surface area contributed by atoms with Crippen molar-refractivity contribution in [1.82, 2.24) is 0 Å². The maximum absolute atomic E-state index is 12.2. The number of anilines is 2. The molecule has 0 fully saturated rings. The van der Waals surface area contributed by atoms with E-state index in [0.717, 1.165) is 0 Å². The lowest BCUT2D eigenvalue weighted by atomic mass is 10.2. The van der Waals surface area contributed by atoms with E-state index in [2.05, 4.69) is 10.6 Å². The van der Waals surface area contributed by atoms with Crippen LogP contribution in [0.1, 0.15) is 47.0 Å². The van der Waals surface area contributed by atoms with E-state index >= 15 is 0 Å². The lowest BCUT2D eigenvalue weighted by Crippen LogP contribution is -2.16. The van der Waals surface area contributed by atoms with Crippen molar-refractivity contribution in [2.45, 2.75) is 59.2 Å². The molecule has 0 unspecified atom stereocenters. The Labute approximate surface area is 172 Å². The third kappa shape index (κ3) is 7.86. The summed E-state index contributed by atoms with van der Waals surface area (Å²) in [5.74, 6) is 0.966. The number of amides is 2. The average Bonchev–Trinajstić information content (AvgIpc) is 2.64. The highest BCUT2D eigenvalue weighted by Gasteiger charge is 2.12. The first-order valence-corrected chi connectivity index (χ1v) is 9.96. The predicted molar refractivity (Wildman–Crippen MR) is 116 cm³/mol. The minimum absolute atomic E-state index is 0.0132. The van der Waals surface area contributed by atoms with Crippen molar-refractivity contribution in [3.05, 3.63) is 48.5 Å². The van der Waals surface area contributed by atoms with Gasteiger partial charge >= 0.3 is 0 Å². The second kappa shape index (κ2) is 11.1. The molecule has 2 aromatic rings. The average molecular weight is 399 g/mol. The van der Waals surface area contributed by atoms with Crippen LogP contribution in [0.3, 0.4) is 0 Å². The minimum Gasteiger partial charge on any atom is -0.489 e. The SMILES string of the molecule is CC(C)Oc1ccccc1NC(=O)CCCC(=O)Nc1ccccc1OC(C)C. The van der Waals surface area contributed by atoms with Gasteiger partial charge in [0, 0.05) is 12.8 Å². The molecule has 2 N–H and O–H groups in total. The number of benzene rings is 2. The fourth-order valence-electron chi connectivity index (χ4n) is 2.69. The van der Waals surface area contributed by atoms with Crippen LogP contribution >= 0.6 is 0 Å². The molecule has 6 nitrogen and oxygen atoms in total. The zero-order valence-electron chi connectivity index (χ0n) is 17.5. The van der Waals surface area contributed by atoms with E-state index in [4.69, 9.17) is 9.47 Å². The summed E-state index contributed by atoms with van der Waals surface area (Å²) in [5, 5.41) is 5.71. The molecule has 2 amide bonds. The molecule has 0 spiro atoms. The molecule has 0 saturated heterocycles. The summed E-state index contributed by atoms with van der Waals surface area (Å²) in [6.45, 7) is 7.73. The Balaban J connectivity index is 1.82. The summed E-state index contributed by atoms with van der Waals surface area (Å²) in [7, 11) is 0. The van der Waals surface area contributed by atoms with Crippen LogP contribution in [0.15, 0.2) is 48.5 Å². The van der Waals surface area contributed by atoms with Crippen LogP contribution in [0.4, 0.5) is 11.4 Å². The third-order valence-corrected chi connectivity index (χ3v) is 3.86. The van der Waals surface area contributed by atoms with Gasteiger partial charge in [-0.25, -0.2) is 0 Å². The molecule has 0 saturated carbocycles. The van der Waals surface area contributed by atoms with Crippen LogP contribution < -0.4 is 20.1 Å². The highest BCUT2D eigenvalue weighted by molar-refractivity contribution is 5.94. The first kappa shape index (κ1) is 22.3. The summed E-state index contributed by atoms with van der Waals surface area (Å²) in [4.78, 5) is 24.5. The molecule has 0 radical (unpaired) electrons. The number of hydrogen-bond donors (Lipinski definition) is 2. The smallest absolute Gasteiger partial charge is 0.224 e. The Hall–Kier alpha value is -3.02. The molecule has 0 aliphatic rings. The summed E-state index contributed by atoms with van der Waals surface area (Å²) in [6, 6.07) is 14.6. The summed E-state index contributed by atoms with van der Waals surface area (Å²) in [5.41, 5.74) is 1.27. The van der Waals surface area contributed by atoms with Crippen molar-refractivity contribution in [1.29, 1.82) is 0 Å². The fraction of sp³-hybridized carbons (Fsp3) is 0.391. The zero-order valence-corrected chi connectivity index (χ0v) is 17.5. The number of ether oxygens (including phenoxy) is 2. The van der Waals surface area contributed by atoms with Crippen molar-refractivity contribution < 1.29 is 19.1 Å². The number of rotatable bonds is 10. The van der Waals surface area contributed by atoms with Crippen LogP contribution in [0.25, 0.3) is 0 Å². The van der Waals surface area contributed by atoms with Gasteiger partial charge in [-0.2, -0.15) is 0 Å². The summed E-state index contributed by atoms with van der Waals surface area (Å²) in [6.07, 6.45) is 0.956. The zero-order chi connectivity index (χ0) is 21.2. The Morgan fingerprint density at radius 2 is 1.10 bits per heavy atom. The monoisotopic (exact) mass is 398 g/mol. The molecule has 0 bridgehead atoms. The van der Waals surface area contributed by atoms with Crippen LogP contribution in [0.5, 0.6) is 11.5 Å². The summed E-state index contributed by atoms with van der Waals surface area (Å²) < 4.78 is 11.4. The van der Waals surface area contributed by atoms with Gasteiger partial charge < -0.3 is 20.1 Å². The lowest BCUT2D eigenvalue weighted by Gasteiger charge is -2.15. The molecule has 0 aromatic heterocycles. The second-order valence-electron chi connectivity index (χ2n) is 7.28. The largest absolute Gasteiger partial charge is 0.489 e. The minimum atomic E-state index is -0.152. The maximum atomic E-state index is 12.2. The number of para-hydroxylation sites is 4. The number of carbonyl (C=O) groups is 2. The quantitative estimate of drug-likeness (QED) is 0.590. The number of hydrogen-bond acceptors (Lipinski definition) is 4. The topological polar surface area (TPSA) is 76.7 Å². The van der Waals surface area contributed by atoms with E-state index in [9.17, 15) is 9.59 Å². The van der Waals surface area contributed by atoms with Crippen molar-refractivity contribution in [3.8, 4) is 11.5 Å². The highest BCUT2D eigenvalue weighted by Crippen LogP contribution is 2.26. The van der Waals surface area contributed by atoms with Crippen LogP contribution in [0, 0.1) is 0 Å². The van der Waals surface area contributed by atoms with E-state index < -0.39 is 0 Å². The highest BCUT2D eigenvalue weighted by atomic mass is 16.5. The maximum Gasteiger partial charge on any atom is 0.224 e. The van der Waals surface area contributed by atoms with Crippen LogP contribution in [0.2, 0.25) is 0 Å². The van der Waals surface area contributed by atoms with E-state index in [0.29, 0.717) is 29.3 Å². The second-order valence-corrected chi connectivity index (χ2v) is 7.28. The van der Waals surface area contributed by atoms with Gasteiger partial charge in [-0.3, -0.25) is 9.59 Å². The van der Waals surface area contributed by atoms with Gasteiger partial charge in [-0.05, 0) is 58.4 Å². The van der Waals surface area contributed by atoms with E-state index in [-0.39, 0.29) is 36.9 Å². The van der Waals surface area contributed by atoms with E-state index in [1.165, 1.54) is 0 Å². The van der Waals surface area contributed by atoms with Gasteiger partial charge in [0.15, 0.2) is 0 Å². The molecular weight excluding hydrogens is 368 g/mol. The normalized spacial score (nSPS) is 10.7. The Bertz CT molecular complexity index is 751. The van der Waals surface area contributed by atoms with Crippen molar-refractivity contribution >= 4 is 23.2 Å². The van der Waals surface area contributed by atoms with Gasteiger partial charge in [0.1, 0.15) is 11.5 Å². The molecule has 6 heteroatoms. The van der Waals surface area contributed by atoms with Gasteiger partial charge in [-0.15, -0.1) is 0 Å². The van der Waals surface area contributed by atoms with Gasteiger partial charge in [0.25, 0.3) is 0 Å². The number of carbonyl (C=O) groups excluding carboxylic acids is 2. The standard InChI is InChI=1S/C23H30N2O4/c1-16(2)28-20-12-7-5-10-18(20)24-22(26)14-9-15-23(27)25-19-11-6-8-13-21(19)29-17(3)4/h5-8,10-13,16-17H,9,14-15H2,1-4H3,(H,24,26)(H,25,27). The number of nitrogens with one attached hydrogen (secondary N) is 2. The van der Waals surface area contributed by atoms with Crippen LogP contribution in [-0.4, -0.2) is 24.0 Å². The molecule has 156 valence electrons. The Morgan fingerprint density at radius 1 is 0.724 bits per heavy atom. The predicted octanol–water partition coefficient (Wildman–Crippen LogP) is 5.01. The summed E-state index contributed by atoms with van der Waals surface area (Å²) >= 11 is 0. The molecule has 2 aromatic carbocycles. The van der Waals surface area contributed by atoms with Gasteiger partial charge in [-0.1, -0.05) is 24.3 Å². The molecule has 2 rings (SSSR count). The molecule has 0 aliphatic heterocycles. The van der Waals surface area contributed by atoms with Crippen molar-refractivity contribution in [2.24, 2.45) is 0 Å². The lowest BCUT2D eigenvalue weighted by molar-refractivity contribution is -0.117. The first-order valence-electron chi connectivity index (χ1n) is 9.96. The molecular formula is C23H30N2O4. The first-order chi connectivity index (χ1) is 13.8. The van der Waals surface area contributed by atoms with Gasteiger partial charge in [0.2, 0.25) is 11.8 Å². The van der Waals surface area contributed by atoms with Gasteiger partial charge in [0.05, 0.1) is 23.6 Å². The molecule has 0 heterocycles. The van der Waals surface area contributed by atoms with E-state index in [1.807, 2.05) is 64.1 Å². The molecule has 0 aliphatic carbocycles. The Morgan fingerprint density at radius 3 is 1.48 bits per heavy atom. The van der Waals surface area contributed by atoms with Crippen molar-refractivity contribution in [2.75, 3.05) is 10.6 Å². The van der Waals surface area contributed by atoms with Crippen molar-refractivity contribution in [3.63, 3.8) is 0 Å². The Kier molecular flexibility index (Phi) is 8.52. The molecule has 0 atom stereocenters. The fourth-order valence-corrected chi connectivity index (χ4v) is 2.69. The van der Waals surface area contributed by atoms with E-state index in [1.54, 1.807) is 12.1 Å².